The first kappa shape index (κ1) is 12.3. The first-order valence-electron chi connectivity index (χ1n) is 5.41. The van der Waals surface area contributed by atoms with Crippen LogP contribution in [0.15, 0.2) is 53.0 Å². The van der Waals surface area contributed by atoms with Gasteiger partial charge in [0.25, 0.3) is 0 Å². The van der Waals surface area contributed by atoms with Crippen LogP contribution in [0.4, 0.5) is 4.39 Å². The van der Waals surface area contributed by atoms with Crippen molar-refractivity contribution in [2.24, 2.45) is 5.73 Å². The van der Waals surface area contributed by atoms with Crippen LogP contribution < -0.4 is 5.73 Å². The number of hydrogen-bond donors (Lipinski definition) is 1. The highest BCUT2D eigenvalue weighted by molar-refractivity contribution is 9.10. The van der Waals surface area contributed by atoms with Gasteiger partial charge in [0, 0.05) is 16.1 Å². The summed E-state index contributed by atoms with van der Waals surface area (Å²) in [5.41, 5.74) is 7.68. The first-order valence-corrected chi connectivity index (χ1v) is 6.20. The molecule has 0 spiro atoms. The molecule has 88 valence electrons. The van der Waals surface area contributed by atoms with Gasteiger partial charge in [-0.15, -0.1) is 0 Å². The third-order valence-corrected chi connectivity index (χ3v) is 3.20. The van der Waals surface area contributed by atoms with Gasteiger partial charge in [-0.05, 0) is 30.2 Å². The predicted octanol–water partition coefficient (Wildman–Crippen LogP) is 3.83. The summed E-state index contributed by atoms with van der Waals surface area (Å²) in [5.74, 6) is -0.239. The monoisotopic (exact) mass is 293 g/mol. The molecule has 1 unspecified atom stereocenters. The molecule has 0 fully saturated rings. The molecule has 0 aromatic heterocycles. The van der Waals surface area contributed by atoms with Crippen molar-refractivity contribution >= 4 is 15.9 Å². The van der Waals surface area contributed by atoms with Crippen molar-refractivity contribution < 1.29 is 4.39 Å². The van der Waals surface area contributed by atoms with Gasteiger partial charge >= 0.3 is 0 Å². The molecular weight excluding hydrogens is 281 g/mol. The highest BCUT2D eigenvalue weighted by Crippen LogP contribution is 2.20. The van der Waals surface area contributed by atoms with E-state index < -0.39 is 0 Å². The van der Waals surface area contributed by atoms with Crippen LogP contribution in [-0.4, -0.2) is 0 Å². The van der Waals surface area contributed by atoms with E-state index in [1.54, 1.807) is 18.2 Å². The van der Waals surface area contributed by atoms with Crippen LogP contribution in [0.1, 0.15) is 17.2 Å². The second-order valence-corrected chi connectivity index (χ2v) is 4.87. The summed E-state index contributed by atoms with van der Waals surface area (Å²) in [7, 11) is 0. The SMILES string of the molecule is NC(Cc1ccc(Br)cc1)c1ccccc1F. The maximum atomic E-state index is 13.5. The minimum atomic E-state index is -0.308. The first-order chi connectivity index (χ1) is 8.16. The molecule has 3 heteroatoms. The van der Waals surface area contributed by atoms with Crippen LogP contribution >= 0.6 is 15.9 Å². The fourth-order valence-corrected chi connectivity index (χ4v) is 2.02. The lowest BCUT2D eigenvalue weighted by Gasteiger charge is -2.13. The molecular formula is C14H13BrFN. The Kier molecular flexibility index (Phi) is 3.92. The number of nitrogens with two attached hydrogens (primary N) is 1. The molecule has 1 atom stereocenters. The molecule has 1 nitrogen and oxygen atoms in total. The van der Waals surface area contributed by atoms with Gasteiger partial charge in [-0.25, -0.2) is 4.39 Å². The Hall–Kier alpha value is -1.19. The number of hydrogen-bond acceptors (Lipinski definition) is 1. The van der Waals surface area contributed by atoms with Crippen molar-refractivity contribution in [3.8, 4) is 0 Å². The number of benzene rings is 2. The van der Waals surface area contributed by atoms with Crippen molar-refractivity contribution in [3.63, 3.8) is 0 Å². The average molecular weight is 294 g/mol. The van der Waals surface area contributed by atoms with Crippen molar-refractivity contribution in [1.29, 1.82) is 0 Å². The lowest BCUT2D eigenvalue weighted by Crippen LogP contribution is -2.14. The lowest BCUT2D eigenvalue weighted by molar-refractivity contribution is 0.580. The molecule has 2 rings (SSSR count). The van der Waals surface area contributed by atoms with E-state index in [9.17, 15) is 4.39 Å². The summed E-state index contributed by atoms with van der Waals surface area (Å²) in [6.45, 7) is 0. The molecule has 0 saturated carbocycles. The fraction of sp³-hybridized carbons (Fsp3) is 0.143. The van der Waals surface area contributed by atoms with Crippen molar-refractivity contribution in [2.75, 3.05) is 0 Å². The summed E-state index contributed by atoms with van der Waals surface area (Å²) in [5, 5.41) is 0. The second-order valence-electron chi connectivity index (χ2n) is 3.96. The predicted molar refractivity (Wildman–Crippen MR) is 71.2 cm³/mol. The summed E-state index contributed by atoms with van der Waals surface area (Å²) in [4.78, 5) is 0. The maximum absolute atomic E-state index is 13.5. The topological polar surface area (TPSA) is 26.0 Å². The molecule has 17 heavy (non-hydrogen) atoms. The van der Waals surface area contributed by atoms with Gasteiger partial charge in [0.1, 0.15) is 5.82 Å². The van der Waals surface area contributed by atoms with Crippen LogP contribution in [-0.2, 0) is 6.42 Å². The third kappa shape index (κ3) is 3.14. The van der Waals surface area contributed by atoms with E-state index in [-0.39, 0.29) is 11.9 Å². The van der Waals surface area contributed by atoms with Crippen LogP contribution in [0.3, 0.4) is 0 Å². The molecule has 2 N–H and O–H groups in total. The number of halogens is 2. The lowest BCUT2D eigenvalue weighted by atomic mass is 9.99. The summed E-state index contributed by atoms with van der Waals surface area (Å²) in [6.07, 6.45) is 0.633. The Labute approximate surface area is 109 Å². The van der Waals surface area contributed by atoms with E-state index in [1.165, 1.54) is 6.07 Å². The zero-order valence-electron chi connectivity index (χ0n) is 9.24. The largest absolute Gasteiger partial charge is 0.324 e. The second kappa shape index (κ2) is 5.43. The molecule has 0 aliphatic carbocycles. The smallest absolute Gasteiger partial charge is 0.127 e. The van der Waals surface area contributed by atoms with Gasteiger partial charge in [0.05, 0.1) is 0 Å². The van der Waals surface area contributed by atoms with Gasteiger partial charge in [-0.1, -0.05) is 46.3 Å². The van der Waals surface area contributed by atoms with Crippen LogP contribution in [0.2, 0.25) is 0 Å². The molecule has 0 aliphatic heterocycles. The van der Waals surface area contributed by atoms with Gasteiger partial charge in [-0.3, -0.25) is 0 Å². The van der Waals surface area contributed by atoms with Crippen LogP contribution in [0.5, 0.6) is 0 Å². The van der Waals surface area contributed by atoms with E-state index in [0.717, 1.165) is 10.0 Å². The third-order valence-electron chi connectivity index (χ3n) is 2.67. The minimum absolute atomic E-state index is 0.239. The minimum Gasteiger partial charge on any atom is -0.324 e. The van der Waals surface area contributed by atoms with Crippen LogP contribution in [0, 0.1) is 5.82 Å². The molecule has 0 heterocycles. The highest BCUT2D eigenvalue weighted by atomic mass is 79.9. The normalized spacial score (nSPS) is 12.4. The Bertz CT molecular complexity index is 496. The summed E-state index contributed by atoms with van der Waals surface area (Å²) >= 11 is 3.38. The van der Waals surface area contributed by atoms with Crippen molar-refractivity contribution in [1.82, 2.24) is 0 Å². The molecule has 0 amide bonds. The van der Waals surface area contributed by atoms with Gasteiger partial charge in [-0.2, -0.15) is 0 Å². The Balaban J connectivity index is 2.14. The van der Waals surface area contributed by atoms with E-state index in [2.05, 4.69) is 15.9 Å². The van der Waals surface area contributed by atoms with Gasteiger partial charge < -0.3 is 5.73 Å². The Morgan fingerprint density at radius 1 is 1.06 bits per heavy atom. The molecule has 0 aliphatic rings. The van der Waals surface area contributed by atoms with E-state index in [4.69, 9.17) is 5.73 Å². The van der Waals surface area contributed by atoms with Gasteiger partial charge in [0.2, 0.25) is 0 Å². The van der Waals surface area contributed by atoms with Crippen molar-refractivity contribution in [3.05, 3.63) is 69.9 Å². The molecule has 0 radical (unpaired) electrons. The standard InChI is InChI=1S/C14H13BrFN/c15-11-7-5-10(6-8-11)9-14(17)12-3-1-2-4-13(12)16/h1-8,14H,9,17H2. The van der Waals surface area contributed by atoms with E-state index in [1.807, 2.05) is 24.3 Å². The van der Waals surface area contributed by atoms with E-state index in [0.29, 0.717) is 12.0 Å². The summed E-state index contributed by atoms with van der Waals surface area (Å²) < 4.78 is 14.5. The molecule has 2 aromatic rings. The molecule has 0 bridgehead atoms. The van der Waals surface area contributed by atoms with Crippen LogP contribution in [0.25, 0.3) is 0 Å². The zero-order chi connectivity index (χ0) is 12.3. The molecule has 2 aromatic carbocycles. The Morgan fingerprint density at radius 3 is 2.35 bits per heavy atom. The molecule has 0 saturated heterocycles. The Morgan fingerprint density at radius 2 is 1.71 bits per heavy atom. The maximum Gasteiger partial charge on any atom is 0.127 e. The average Bonchev–Trinajstić information content (AvgIpc) is 2.32. The number of rotatable bonds is 3. The zero-order valence-corrected chi connectivity index (χ0v) is 10.8. The van der Waals surface area contributed by atoms with E-state index >= 15 is 0 Å². The van der Waals surface area contributed by atoms with Gasteiger partial charge in [0.15, 0.2) is 0 Å². The van der Waals surface area contributed by atoms with Crippen molar-refractivity contribution in [2.45, 2.75) is 12.5 Å². The quantitative estimate of drug-likeness (QED) is 0.914. The fourth-order valence-electron chi connectivity index (χ4n) is 1.76. The summed E-state index contributed by atoms with van der Waals surface area (Å²) in [6, 6.07) is 14.3. The highest BCUT2D eigenvalue weighted by Gasteiger charge is 2.11.